The lowest BCUT2D eigenvalue weighted by molar-refractivity contribution is 0.160. The molecule has 0 radical (unpaired) electrons. The van der Waals surface area contributed by atoms with Crippen molar-refractivity contribution in [3.63, 3.8) is 0 Å². The van der Waals surface area contributed by atoms with Gasteiger partial charge in [-0.2, -0.15) is 11.8 Å². The highest BCUT2D eigenvalue weighted by Crippen LogP contribution is 2.31. The van der Waals surface area contributed by atoms with E-state index in [1.807, 2.05) is 11.8 Å². The van der Waals surface area contributed by atoms with Gasteiger partial charge in [-0.25, -0.2) is 0 Å². The third kappa shape index (κ3) is 5.19. The topological polar surface area (TPSA) is 15.3 Å². The van der Waals surface area contributed by atoms with Gasteiger partial charge in [0.05, 0.1) is 0 Å². The molecule has 0 saturated heterocycles. The average Bonchev–Trinajstić information content (AvgIpc) is 2.36. The van der Waals surface area contributed by atoms with E-state index in [0.29, 0.717) is 0 Å². The molecule has 0 amide bonds. The highest BCUT2D eigenvalue weighted by Gasteiger charge is 2.29. The molecule has 3 atom stereocenters. The average molecular weight is 258 g/mol. The molecule has 0 aliphatic heterocycles. The van der Waals surface area contributed by atoms with Crippen molar-refractivity contribution in [2.75, 3.05) is 39.2 Å². The fraction of sp³-hybridized carbons (Fsp3) is 1.00. The maximum absolute atomic E-state index is 3.53. The third-order valence-corrected chi connectivity index (χ3v) is 4.85. The SMILES string of the molecule is CCC1CCC(NC)C(CN(C)CCSC)C1. The van der Waals surface area contributed by atoms with Crippen molar-refractivity contribution in [3.8, 4) is 0 Å². The molecule has 1 saturated carbocycles. The molecule has 3 unspecified atom stereocenters. The van der Waals surface area contributed by atoms with Crippen molar-refractivity contribution in [1.82, 2.24) is 10.2 Å². The van der Waals surface area contributed by atoms with Crippen LogP contribution >= 0.6 is 11.8 Å². The molecule has 0 aromatic rings. The minimum absolute atomic E-state index is 0.745. The van der Waals surface area contributed by atoms with Gasteiger partial charge in [0.2, 0.25) is 0 Å². The van der Waals surface area contributed by atoms with Crippen LogP contribution in [0.3, 0.4) is 0 Å². The second kappa shape index (κ2) is 8.39. The van der Waals surface area contributed by atoms with Gasteiger partial charge in [0, 0.05) is 24.9 Å². The Morgan fingerprint density at radius 3 is 2.71 bits per heavy atom. The maximum Gasteiger partial charge on any atom is 0.0105 e. The maximum atomic E-state index is 3.53. The molecule has 0 aromatic carbocycles. The summed E-state index contributed by atoms with van der Waals surface area (Å²) in [5.41, 5.74) is 0. The summed E-state index contributed by atoms with van der Waals surface area (Å²) in [6.07, 6.45) is 7.77. The summed E-state index contributed by atoms with van der Waals surface area (Å²) in [5.74, 6) is 3.08. The van der Waals surface area contributed by atoms with Crippen molar-refractivity contribution in [1.29, 1.82) is 0 Å². The van der Waals surface area contributed by atoms with Crippen LogP contribution in [0, 0.1) is 11.8 Å². The minimum Gasteiger partial charge on any atom is -0.317 e. The Balaban J connectivity index is 2.40. The standard InChI is InChI=1S/C14H30N2S/c1-5-12-6-7-14(15-2)13(10-12)11-16(3)8-9-17-4/h12-15H,5-11H2,1-4H3. The van der Waals surface area contributed by atoms with Crippen molar-refractivity contribution in [3.05, 3.63) is 0 Å². The number of nitrogens with zero attached hydrogens (tertiary/aromatic N) is 1. The lowest BCUT2D eigenvalue weighted by atomic mass is 9.76. The Kier molecular flexibility index (Phi) is 7.56. The quantitative estimate of drug-likeness (QED) is 0.756. The number of thioether (sulfide) groups is 1. The molecule has 1 N–H and O–H groups in total. The monoisotopic (exact) mass is 258 g/mol. The van der Waals surface area contributed by atoms with E-state index < -0.39 is 0 Å². The van der Waals surface area contributed by atoms with Gasteiger partial charge in [0.25, 0.3) is 0 Å². The van der Waals surface area contributed by atoms with Gasteiger partial charge in [-0.15, -0.1) is 0 Å². The first kappa shape index (κ1) is 15.3. The molecule has 2 nitrogen and oxygen atoms in total. The Bertz CT molecular complexity index is 199. The molecular weight excluding hydrogens is 228 g/mol. The minimum atomic E-state index is 0.745. The normalized spacial score (nSPS) is 29.8. The fourth-order valence-corrected chi connectivity index (χ4v) is 3.55. The number of nitrogens with one attached hydrogen (secondary N) is 1. The van der Waals surface area contributed by atoms with Crippen molar-refractivity contribution in [2.24, 2.45) is 11.8 Å². The van der Waals surface area contributed by atoms with Crippen molar-refractivity contribution >= 4 is 11.8 Å². The van der Waals surface area contributed by atoms with Crippen LogP contribution in [-0.2, 0) is 0 Å². The van der Waals surface area contributed by atoms with Crippen LogP contribution in [0.5, 0.6) is 0 Å². The summed E-state index contributed by atoms with van der Waals surface area (Å²) in [5, 5.41) is 3.53. The Morgan fingerprint density at radius 1 is 1.35 bits per heavy atom. The van der Waals surface area contributed by atoms with Crippen LogP contribution in [0.4, 0.5) is 0 Å². The zero-order valence-corrected chi connectivity index (χ0v) is 12.9. The zero-order chi connectivity index (χ0) is 12.7. The first-order chi connectivity index (χ1) is 8.21. The number of hydrogen-bond donors (Lipinski definition) is 1. The molecular formula is C14H30N2S. The summed E-state index contributed by atoms with van der Waals surface area (Å²) < 4.78 is 0. The van der Waals surface area contributed by atoms with Crippen LogP contribution in [0.1, 0.15) is 32.6 Å². The zero-order valence-electron chi connectivity index (χ0n) is 12.0. The molecule has 1 aliphatic carbocycles. The van der Waals surface area contributed by atoms with Gasteiger partial charge in [-0.3, -0.25) is 0 Å². The van der Waals surface area contributed by atoms with Crippen LogP contribution in [0.25, 0.3) is 0 Å². The van der Waals surface area contributed by atoms with E-state index >= 15 is 0 Å². The summed E-state index contributed by atoms with van der Waals surface area (Å²) in [4.78, 5) is 2.52. The molecule has 0 spiro atoms. The summed E-state index contributed by atoms with van der Waals surface area (Å²) in [6.45, 7) is 4.84. The second-order valence-electron chi connectivity index (χ2n) is 5.50. The van der Waals surface area contributed by atoms with Crippen molar-refractivity contribution in [2.45, 2.75) is 38.6 Å². The number of rotatable bonds is 7. The van der Waals surface area contributed by atoms with Gasteiger partial charge in [0.1, 0.15) is 0 Å². The largest absolute Gasteiger partial charge is 0.317 e. The predicted molar refractivity (Wildman–Crippen MR) is 79.8 cm³/mol. The van der Waals surface area contributed by atoms with E-state index in [4.69, 9.17) is 0 Å². The Morgan fingerprint density at radius 2 is 2.12 bits per heavy atom. The molecule has 0 heterocycles. The van der Waals surface area contributed by atoms with Crippen LogP contribution in [0.15, 0.2) is 0 Å². The molecule has 0 aromatic heterocycles. The van der Waals surface area contributed by atoms with Gasteiger partial charge in [0.15, 0.2) is 0 Å². The molecule has 1 rings (SSSR count). The molecule has 17 heavy (non-hydrogen) atoms. The van der Waals surface area contributed by atoms with Crippen LogP contribution < -0.4 is 5.32 Å². The number of hydrogen-bond acceptors (Lipinski definition) is 3. The molecule has 3 heteroatoms. The van der Waals surface area contributed by atoms with E-state index in [2.05, 4.69) is 37.5 Å². The first-order valence-electron chi connectivity index (χ1n) is 7.06. The first-order valence-corrected chi connectivity index (χ1v) is 8.45. The van der Waals surface area contributed by atoms with E-state index in [-0.39, 0.29) is 0 Å². The summed E-state index contributed by atoms with van der Waals surface area (Å²) in [7, 11) is 4.41. The van der Waals surface area contributed by atoms with E-state index in [1.54, 1.807) is 0 Å². The molecule has 0 bridgehead atoms. The van der Waals surface area contributed by atoms with Crippen LogP contribution in [0.2, 0.25) is 0 Å². The Hall–Kier alpha value is 0.270. The summed E-state index contributed by atoms with van der Waals surface area (Å²) >= 11 is 1.95. The smallest absolute Gasteiger partial charge is 0.0105 e. The second-order valence-corrected chi connectivity index (χ2v) is 6.48. The van der Waals surface area contributed by atoms with E-state index in [0.717, 1.165) is 17.9 Å². The third-order valence-electron chi connectivity index (χ3n) is 4.26. The predicted octanol–water partition coefficient (Wildman–Crippen LogP) is 2.70. The van der Waals surface area contributed by atoms with Crippen molar-refractivity contribution < 1.29 is 0 Å². The highest BCUT2D eigenvalue weighted by molar-refractivity contribution is 7.98. The molecule has 102 valence electrons. The lowest BCUT2D eigenvalue weighted by Gasteiger charge is -2.38. The Labute approximate surface area is 112 Å². The van der Waals surface area contributed by atoms with Crippen LogP contribution in [-0.4, -0.2) is 50.1 Å². The van der Waals surface area contributed by atoms with Gasteiger partial charge in [-0.05, 0) is 51.4 Å². The van der Waals surface area contributed by atoms with Gasteiger partial charge in [-0.1, -0.05) is 13.3 Å². The summed E-state index contributed by atoms with van der Waals surface area (Å²) in [6, 6.07) is 0.745. The van der Waals surface area contributed by atoms with Gasteiger partial charge < -0.3 is 10.2 Å². The van der Waals surface area contributed by atoms with E-state index in [1.165, 1.54) is 44.5 Å². The van der Waals surface area contributed by atoms with E-state index in [9.17, 15) is 0 Å². The molecule has 1 aliphatic rings. The fourth-order valence-electron chi connectivity index (χ4n) is 3.05. The highest BCUT2D eigenvalue weighted by atomic mass is 32.2. The van der Waals surface area contributed by atoms with Gasteiger partial charge >= 0.3 is 0 Å². The lowest BCUT2D eigenvalue weighted by Crippen LogP contribution is -2.44. The molecule has 1 fully saturated rings.